The highest BCUT2D eigenvalue weighted by atomic mass is 32.1. The zero-order valence-corrected chi connectivity index (χ0v) is 10.2. The number of nitrogens with one attached hydrogen (secondary N) is 1. The average Bonchev–Trinajstić information content (AvgIpc) is 2.83. The first-order valence-electron chi connectivity index (χ1n) is 5.50. The van der Waals surface area contributed by atoms with Crippen LogP contribution in [0.15, 0.2) is 5.38 Å². The van der Waals surface area contributed by atoms with Crippen LogP contribution in [0, 0.1) is 5.92 Å². The van der Waals surface area contributed by atoms with Gasteiger partial charge in [-0.25, -0.2) is 0 Å². The molecule has 1 saturated heterocycles. The van der Waals surface area contributed by atoms with E-state index in [2.05, 4.69) is 14.9 Å². The summed E-state index contributed by atoms with van der Waals surface area (Å²) in [7, 11) is 1.83. The third-order valence-corrected chi connectivity index (χ3v) is 3.36. The van der Waals surface area contributed by atoms with Gasteiger partial charge in [-0.15, -0.1) is 5.10 Å². The van der Waals surface area contributed by atoms with Crippen molar-refractivity contribution < 1.29 is 4.79 Å². The Kier molecular flexibility index (Phi) is 3.84. The van der Waals surface area contributed by atoms with E-state index < -0.39 is 0 Å². The number of hydrogen-bond acceptors (Lipinski definition) is 5. The molecule has 0 aromatic carbocycles. The minimum Gasteiger partial charge on any atom is -0.340 e. The summed E-state index contributed by atoms with van der Waals surface area (Å²) in [5.41, 5.74) is 0.455. The van der Waals surface area contributed by atoms with Crippen molar-refractivity contribution in [1.82, 2.24) is 19.8 Å². The van der Waals surface area contributed by atoms with E-state index in [4.69, 9.17) is 0 Å². The van der Waals surface area contributed by atoms with Crippen LogP contribution in [0.5, 0.6) is 0 Å². The molecule has 2 heterocycles. The standard InChI is InChI=1S/C10H16N4OS/c1-14(6-8-3-2-4-11-5-8)10(15)9-7-16-13-12-9/h7-8,11H,2-6H2,1H3. The third-order valence-electron chi connectivity index (χ3n) is 2.86. The smallest absolute Gasteiger partial charge is 0.275 e. The molecule has 1 aromatic heterocycles. The zero-order chi connectivity index (χ0) is 11.4. The highest BCUT2D eigenvalue weighted by Gasteiger charge is 2.20. The molecule has 1 aliphatic rings. The molecule has 16 heavy (non-hydrogen) atoms. The van der Waals surface area contributed by atoms with Gasteiger partial charge in [-0.3, -0.25) is 4.79 Å². The van der Waals surface area contributed by atoms with Gasteiger partial charge in [-0.2, -0.15) is 0 Å². The molecule has 1 N–H and O–H groups in total. The van der Waals surface area contributed by atoms with Crippen molar-refractivity contribution in [2.75, 3.05) is 26.7 Å². The molecule has 0 aliphatic carbocycles. The van der Waals surface area contributed by atoms with Crippen LogP contribution in [0.25, 0.3) is 0 Å². The predicted molar refractivity (Wildman–Crippen MR) is 62.5 cm³/mol. The second-order valence-electron chi connectivity index (χ2n) is 4.19. The maximum atomic E-state index is 11.9. The molecular formula is C10H16N4OS. The Morgan fingerprint density at radius 1 is 1.75 bits per heavy atom. The van der Waals surface area contributed by atoms with Gasteiger partial charge in [0.25, 0.3) is 5.91 Å². The van der Waals surface area contributed by atoms with Crippen molar-refractivity contribution in [2.45, 2.75) is 12.8 Å². The molecule has 2 rings (SSSR count). The van der Waals surface area contributed by atoms with E-state index in [1.807, 2.05) is 7.05 Å². The molecule has 5 nitrogen and oxygen atoms in total. The second-order valence-corrected chi connectivity index (χ2v) is 4.80. The van der Waals surface area contributed by atoms with Gasteiger partial charge in [0.2, 0.25) is 0 Å². The Bertz CT molecular complexity index is 335. The van der Waals surface area contributed by atoms with Crippen LogP contribution in [0.1, 0.15) is 23.3 Å². The van der Waals surface area contributed by atoms with Crippen LogP contribution in [0.3, 0.4) is 0 Å². The molecule has 1 aromatic rings. The van der Waals surface area contributed by atoms with E-state index in [-0.39, 0.29) is 5.91 Å². The topological polar surface area (TPSA) is 58.1 Å². The average molecular weight is 240 g/mol. The largest absolute Gasteiger partial charge is 0.340 e. The third kappa shape index (κ3) is 2.76. The molecule has 1 aliphatic heterocycles. The van der Waals surface area contributed by atoms with Crippen LogP contribution < -0.4 is 5.32 Å². The fourth-order valence-electron chi connectivity index (χ4n) is 2.00. The minimum atomic E-state index is -0.0284. The summed E-state index contributed by atoms with van der Waals surface area (Å²) in [6.07, 6.45) is 2.39. The van der Waals surface area contributed by atoms with Crippen molar-refractivity contribution >= 4 is 17.4 Å². The van der Waals surface area contributed by atoms with Crippen molar-refractivity contribution in [1.29, 1.82) is 0 Å². The van der Waals surface area contributed by atoms with Crippen molar-refractivity contribution in [3.05, 3.63) is 11.1 Å². The minimum absolute atomic E-state index is 0.0284. The maximum absolute atomic E-state index is 11.9. The van der Waals surface area contributed by atoms with E-state index >= 15 is 0 Å². The first kappa shape index (κ1) is 11.5. The lowest BCUT2D eigenvalue weighted by atomic mass is 9.99. The van der Waals surface area contributed by atoms with Gasteiger partial charge in [0.05, 0.1) is 0 Å². The number of nitrogens with zero attached hydrogens (tertiary/aromatic N) is 3. The molecule has 6 heteroatoms. The van der Waals surface area contributed by atoms with Crippen LogP contribution in [0.2, 0.25) is 0 Å². The number of carbonyl (C=O) groups excluding carboxylic acids is 1. The summed E-state index contributed by atoms with van der Waals surface area (Å²) in [5, 5.41) is 8.83. The Hall–Kier alpha value is -1.01. The van der Waals surface area contributed by atoms with Gasteiger partial charge < -0.3 is 10.2 Å². The van der Waals surface area contributed by atoms with Crippen molar-refractivity contribution in [3.8, 4) is 0 Å². The van der Waals surface area contributed by atoms with Gasteiger partial charge in [0.15, 0.2) is 5.69 Å². The molecule has 1 amide bonds. The van der Waals surface area contributed by atoms with Gasteiger partial charge >= 0.3 is 0 Å². The van der Waals surface area contributed by atoms with Gasteiger partial charge in [0.1, 0.15) is 0 Å². The Morgan fingerprint density at radius 3 is 3.25 bits per heavy atom. The van der Waals surface area contributed by atoms with Crippen LogP contribution in [-0.4, -0.2) is 47.1 Å². The number of carbonyl (C=O) groups is 1. The molecule has 1 fully saturated rings. The second kappa shape index (κ2) is 5.36. The Morgan fingerprint density at radius 2 is 2.62 bits per heavy atom. The maximum Gasteiger partial charge on any atom is 0.275 e. The fourth-order valence-corrected chi connectivity index (χ4v) is 2.43. The highest BCUT2D eigenvalue weighted by molar-refractivity contribution is 7.03. The molecule has 1 unspecified atom stereocenters. The first-order chi connectivity index (χ1) is 7.77. The number of rotatable bonds is 3. The predicted octanol–water partition coefficient (Wildman–Crippen LogP) is 0.610. The lowest BCUT2D eigenvalue weighted by Gasteiger charge is -2.27. The number of amides is 1. The van der Waals surface area contributed by atoms with E-state index in [1.54, 1.807) is 10.3 Å². The molecule has 0 spiro atoms. The van der Waals surface area contributed by atoms with Crippen LogP contribution >= 0.6 is 11.5 Å². The van der Waals surface area contributed by atoms with Crippen LogP contribution in [0.4, 0.5) is 0 Å². The lowest BCUT2D eigenvalue weighted by Crippen LogP contribution is -2.39. The van der Waals surface area contributed by atoms with Gasteiger partial charge in [0, 0.05) is 19.0 Å². The summed E-state index contributed by atoms with van der Waals surface area (Å²) in [4.78, 5) is 13.6. The molecule has 0 bridgehead atoms. The first-order valence-corrected chi connectivity index (χ1v) is 6.34. The summed E-state index contributed by atoms with van der Waals surface area (Å²) in [6.45, 7) is 2.90. The van der Waals surface area contributed by atoms with Crippen LogP contribution in [-0.2, 0) is 0 Å². The number of piperidine rings is 1. The van der Waals surface area contributed by atoms with E-state index in [1.165, 1.54) is 24.4 Å². The summed E-state index contributed by atoms with van der Waals surface area (Å²) in [5.74, 6) is 0.536. The Labute approximate surface area is 99.0 Å². The highest BCUT2D eigenvalue weighted by Crippen LogP contribution is 2.12. The molecule has 0 saturated carbocycles. The van der Waals surface area contributed by atoms with Crippen molar-refractivity contribution in [3.63, 3.8) is 0 Å². The Balaban J connectivity index is 1.87. The number of hydrogen-bond donors (Lipinski definition) is 1. The van der Waals surface area contributed by atoms with Gasteiger partial charge in [-0.1, -0.05) is 4.49 Å². The quantitative estimate of drug-likeness (QED) is 0.841. The summed E-state index contributed by atoms with van der Waals surface area (Å²) >= 11 is 1.21. The van der Waals surface area contributed by atoms with E-state index in [0.29, 0.717) is 11.6 Å². The lowest BCUT2D eigenvalue weighted by molar-refractivity contribution is 0.0759. The van der Waals surface area contributed by atoms with Crippen molar-refractivity contribution in [2.24, 2.45) is 5.92 Å². The van der Waals surface area contributed by atoms with Gasteiger partial charge in [-0.05, 0) is 43.4 Å². The monoisotopic (exact) mass is 240 g/mol. The SMILES string of the molecule is CN(CC1CCCNC1)C(=O)c1csnn1. The number of aromatic nitrogens is 2. The molecule has 0 radical (unpaired) electrons. The molecule has 1 atom stereocenters. The zero-order valence-electron chi connectivity index (χ0n) is 9.35. The van der Waals surface area contributed by atoms with E-state index in [0.717, 1.165) is 19.6 Å². The molecular weight excluding hydrogens is 224 g/mol. The summed E-state index contributed by atoms with van der Waals surface area (Å²) < 4.78 is 3.70. The fraction of sp³-hybridized carbons (Fsp3) is 0.700. The van der Waals surface area contributed by atoms with E-state index in [9.17, 15) is 4.79 Å². The summed E-state index contributed by atoms with van der Waals surface area (Å²) in [6, 6.07) is 0. The molecule has 88 valence electrons. The normalized spacial score (nSPS) is 20.7.